The maximum atomic E-state index is 12.8. The van der Waals surface area contributed by atoms with Gasteiger partial charge in [-0.25, -0.2) is 4.90 Å². The Balaban J connectivity index is 2.01. The summed E-state index contributed by atoms with van der Waals surface area (Å²) in [7, 11) is 0. The average molecular weight is 316 g/mol. The quantitative estimate of drug-likeness (QED) is 0.639. The van der Waals surface area contributed by atoms with Gasteiger partial charge in [0.05, 0.1) is 22.3 Å². The Kier molecular flexibility index (Phi) is 3.03. The lowest BCUT2D eigenvalue weighted by molar-refractivity contribution is 0.0926. The van der Waals surface area contributed by atoms with E-state index in [2.05, 4.69) is 4.98 Å². The SMILES string of the molecule is Cc1cc(C)c2c(N3C(=O)c4ccccc4C3=O)ccc(C)c2n1. The zero-order valence-corrected chi connectivity index (χ0v) is 13.8. The Hall–Kier alpha value is -3.01. The monoisotopic (exact) mass is 316 g/mol. The van der Waals surface area contributed by atoms with Crippen molar-refractivity contribution in [2.75, 3.05) is 4.90 Å². The number of anilines is 1. The Morgan fingerprint density at radius 1 is 0.833 bits per heavy atom. The highest BCUT2D eigenvalue weighted by molar-refractivity contribution is 6.36. The van der Waals surface area contributed by atoms with Crippen LogP contribution in [0, 0.1) is 20.8 Å². The second kappa shape index (κ2) is 4.99. The number of aromatic nitrogens is 1. The zero-order chi connectivity index (χ0) is 17.0. The van der Waals surface area contributed by atoms with Gasteiger partial charge in [-0.15, -0.1) is 0 Å². The molecule has 24 heavy (non-hydrogen) atoms. The van der Waals surface area contributed by atoms with Crippen molar-refractivity contribution in [3.8, 4) is 0 Å². The topological polar surface area (TPSA) is 50.3 Å². The van der Waals surface area contributed by atoms with Crippen molar-refractivity contribution in [3.63, 3.8) is 0 Å². The summed E-state index contributed by atoms with van der Waals surface area (Å²) in [6, 6.07) is 12.7. The van der Waals surface area contributed by atoms with Gasteiger partial charge >= 0.3 is 0 Å². The number of hydrogen-bond acceptors (Lipinski definition) is 3. The molecule has 1 aliphatic heterocycles. The van der Waals surface area contributed by atoms with Crippen LogP contribution in [0.4, 0.5) is 5.69 Å². The third-order valence-corrected chi connectivity index (χ3v) is 4.50. The van der Waals surface area contributed by atoms with E-state index in [4.69, 9.17) is 0 Å². The van der Waals surface area contributed by atoms with Gasteiger partial charge in [0.2, 0.25) is 0 Å². The van der Waals surface area contributed by atoms with Gasteiger partial charge in [0.15, 0.2) is 0 Å². The van der Waals surface area contributed by atoms with E-state index in [1.54, 1.807) is 24.3 Å². The van der Waals surface area contributed by atoms with Crippen molar-refractivity contribution in [2.24, 2.45) is 0 Å². The van der Waals surface area contributed by atoms with Gasteiger partial charge in [-0.2, -0.15) is 0 Å². The third kappa shape index (κ3) is 1.89. The van der Waals surface area contributed by atoms with Gasteiger partial charge in [0, 0.05) is 11.1 Å². The maximum absolute atomic E-state index is 12.8. The van der Waals surface area contributed by atoms with Crippen LogP contribution < -0.4 is 4.90 Å². The Morgan fingerprint density at radius 2 is 1.46 bits per heavy atom. The van der Waals surface area contributed by atoms with Gasteiger partial charge in [0.1, 0.15) is 0 Å². The number of nitrogens with zero attached hydrogens (tertiary/aromatic N) is 2. The second-order valence-corrected chi connectivity index (χ2v) is 6.20. The van der Waals surface area contributed by atoms with Gasteiger partial charge in [-0.05, 0) is 56.2 Å². The summed E-state index contributed by atoms with van der Waals surface area (Å²) in [5.74, 6) is -0.554. The molecule has 4 nitrogen and oxygen atoms in total. The van der Waals surface area contributed by atoms with Crippen LogP contribution >= 0.6 is 0 Å². The molecular formula is C20H16N2O2. The molecule has 4 heteroatoms. The normalized spacial score (nSPS) is 13.7. The van der Waals surface area contributed by atoms with Gasteiger partial charge in [-0.1, -0.05) is 18.2 Å². The molecule has 118 valence electrons. The fraction of sp³-hybridized carbons (Fsp3) is 0.150. The predicted octanol–water partition coefficient (Wildman–Crippen LogP) is 3.96. The molecule has 0 N–H and O–H groups in total. The number of carbonyl (C=O) groups excluding carboxylic acids is 2. The number of carbonyl (C=O) groups is 2. The molecule has 0 unspecified atom stereocenters. The number of benzene rings is 2. The van der Waals surface area contributed by atoms with E-state index in [9.17, 15) is 9.59 Å². The molecule has 1 aromatic heterocycles. The first kappa shape index (κ1) is 14.6. The van der Waals surface area contributed by atoms with Crippen LogP contribution in [-0.4, -0.2) is 16.8 Å². The number of fused-ring (bicyclic) bond motifs is 2. The highest BCUT2D eigenvalue weighted by Crippen LogP contribution is 2.36. The lowest BCUT2D eigenvalue weighted by Gasteiger charge is -2.19. The average Bonchev–Trinajstić information content (AvgIpc) is 2.81. The van der Waals surface area contributed by atoms with Crippen molar-refractivity contribution >= 4 is 28.4 Å². The van der Waals surface area contributed by atoms with E-state index >= 15 is 0 Å². The van der Waals surface area contributed by atoms with Crippen molar-refractivity contribution in [3.05, 3.63) is 70.4 Å². The molecule has 0 radical (unpaired) electrons. The molecule has 2 aromatic carbocycles. The lowest BCUT2D eigenvalue weighted by atomic mass is 10.0. The fourth-order valence-electron chi connectivity index (χ4n) is 3.41. The smallest absolute Gasteiger partial charge is 0.266 e. The number of amides is 2. The minimum absolute atomic E-state index is 0.277. The summed E-state index contributed by atoms with van der Waals surface area (Å²) >= 11 is 0. The number of hydrogen-bond donors (Lipinski definition) is 0. The molecule has 0 fully saturated rings. The van der Waals surface area contributed by atoms with Crippen LogP contribution in [0.25, 0.3) is 10.9 Å². The van der Waals surface area contributed by atoms with E-state index < -0.39 is 0 Å². The summed E-state index contributed by atoms with van der Waals surface area (Å²) in [6.07, 6.45) is 0. The summed E-state index contributed by atoms with van der Waals surface area (Å²) < 4.78 is 0. The number of pyridine rings is 1. The number of aryl methyl sites for hydroxylation is 3. The van der Waals surface area contributed by atoms with E-state index in [0.717, 1.165) is 27.7 Å². The van der Waals surface area contributed by atoms with Crippen molar-refractivity contribution < 1.29 is 9.59 Å². The van der Waals surface area contributed by atoms with Crippen LogP contribution in [0.15, 0.2) is 42.5 Å². The predicted molar refractivity (Wildman–Crippen MR) is 93.5 cm³/mol. The summed E-state index contributed by atoms with van der Waals surface area (Å²) in [5, 5.41) is 0.857. The minimum atomic E-state index is -0.277. The molecule has 1 aliphatic rings. The van der Waals surface area contributed by atoms with Crippen LogP contribution in [-0.2, 0) is 0 Å². The second-order valence-electron chi connectivity index (χ2n) is 6.20. The third-order valence-electron chi connectivity index (χ3n) is 4.50. The summed E-state index contributed by atoms with van der Waals surface area (Å²) in [5.41, 5.74) is 5.30. The molecule has 2 heterocycles. The van der Waals surface area contributed by atoms with Crippen LogP contribution in [0.3, 0.4) is 0 Å². The molecule has 0 saturated heterocycles. The molecule has 2 amide bonds. The molecular weight excluding hydrogens is 300 g/mol. The number of rotatable bonds is 1. The summed E-state index contributed by atoms with van der Waals surface area (Å²) in [6.45, 7) is 5.92. The highest BCUT2D eigenvalue weighted by Gasteiger charge is 2.37. The first-order valence-electron chi connectivity index (χ1n) is 7.84. The van der Waals surface area contributed by atoms with Crippen molar-refractivity contribution in [1.82, 2.24) is 4.98 Å². The van der Waals surface area contributed by atoms with Crippen LogP contribution in [0.1, 0.15) is 37.5 Å². The first-order valence-corrected chi connectivity index (χ1v) is 7.84. The standard InChI is InChI=1S/C20H16N2O2/c1-11-8-9-16(17-12(2)10-13(3)21-18(11)17)22-19(23)14-6-4-5-7-15(14)20(22)24/h4-10H,1-3H3. The Bertz CT molecular complexity index is 1000. The molecule has 3 aromatic rings. The highest BCUT2D eigenvalue weighted by atomic mass is 16.2. The Labute approximate surface area is 139 Å². The van der Waals surface area contributed by atoms with Crippen molar-refractivity contribution in [1.29, 1.82) is 0 Å². The van der Waals surface area contributed by atoms with Crippen molar-refractivity contribution in [2.45, 2.75) is 20.8 Å². The fourth-order valence-corrected chi connectivity index (χ4v) is 3.41. The molecule has 0 spiro atoms. The summed E-state index contributed by atoms with van der Waals surface area (Å²) in [4.78, 5) is 31.5. The van der Waals surface area contributed by atoms with Crippen LogP contribution in [0.2, 0.25) is 0 Å². The molecule has 0 bridgehead atoms. The lowest BCUT2D eigenvalue weighted by Crippen LogP contribution is -2.29. The molecule has 0 saturated carbocycles. The van der Waals surface area contributed by atoms with Gasteiger partial charge in [-0.3, -0.25) is 14.6 Å². The Morgan fingerprint density at radius 3 is 2.08 bits per heavy atom. The minimum Gasteiger partial charge on any atom is -0.268 e. The number of imide groups is 1. The van der Waals surface area contributed by atoms with E-state index in [1.165, 1.54) is 4.90 Å². The maximum Gasteiger partial charge on any atom is 0.266 e. The zero-order valence-electron chi connectivity index (χ0n) is 13.8. The molecule has 0 aliphatic carbocycles. The molecule has 0 atom stereocenters. The van der Waals surface area contributed by atoms with E-state index in [1.807, 2.05) is 39.0 Å². The van der Waals surface area contributed by atoms with Crippen LogP contribution in [0.5, 0.6) is 0 Å². The van der Waals surface area contributed by atoms with Gasteiger partial charge < -0.3 is 0 Å². The van der Waals surface area contributed by atoms with E-state index in [-0.39, 0.29) is 11.8 Å². The molecule has 4 rings (SSSR count). The largest absolute Gasteiger partial charge is 0.268 e. The van der Waals surface area contributed by atoms with Gasteiger partial charge in [0.25, 0.3) is 11.8 Å². The van der Waals surface area contributed by atoms with E-state index in [0.29, 0.717) is 16.8 Å². The first-order chi connectivity index (χ1) is 11.5.